The second kappa shape index (κ2) is 10.0. The average Bonchev–Trinajstić information content (AvgIpc) is 2.83. The Hall–Kier alpha value is -0.446. The zero-order chi connectivity index (χ0) is 17.7. The molecule has 1 amide bonds. The monoisotopic (exact) mass is 422 g/mol. The van der Waals surface area contributed by atoms with Gasteiger partial charge in [0.15, 0.2) is 6.04 Å². The Kier molecular flexibility index (Phi) is 9.07. The number of nitrogens with zero attached hydrogens (tertiary/aromatic N) is 1. The number of ether oxygens (including phenoxy) is 1. The van der Waals surface area contributed by atoms with Crippen molar-refractivity contribution in [2.45, 2.75) is 59.4 Å². The second-order valence-corrected chi connectivity index (χ2v) is 7.20. The number of benzene rings is 1. The summed E-state index contributed by atoms with van der Waals surface area (Å²) in [7, 11) is 1.67. The number of quaternary nitrogens is 1. The zero-order valence-corrected chi connectivity index (χ0v) is 19.4. The van der Waals surface area contributed by atoms with Crippen LogP contribution in [0, 0.1) is 13.8 Å². The van der Waals surface area contributed by atoms with Crippen molar-refractivity contribution < 1.29 is 46.7 Å². The van der Waals surface area contributed by atoms with Crippen LogP contribution in [0.4, 0.5) is 5.69 Å². The fourth-order valence-corrected chi connectivity index (χ4v) is 4.01. The van der Waals surface area contributed by atoms with Crippen molar-refractivity contribution in [1.29, 1.82) is 0 Å². The van der Waals surface area contributed by atoms with Gasteiger partial charge in [-0.2, -0.15) is 0 Å². The van der Waals surface area contributed by atoms with E-state index in [2.05, 4.69) is 19.2 Å². The van der Waals surface area contributed by atoms with Crippen molar-refractivity contribution >= 4 is 11.6 Å². The van der Waals surface area contributed by atoms with E-state index in [-0.39, 0.29) is 44.7 Å². The van der Waals surface area contributed by atoms with E-state index in [0.29, 0.717) is 0 Å². The third-order valence-electron chi connectivity index (χ3n) is 5.78. The molecule has 4 nitrogen and oxygen atoms in total. The summed E-state index contributed by atoms with van der Waals surface area (Å²) in [6.07, 6.45) is 5.05. The third kappa shape index (κ3) is 5.27. The molecule has 1 aromatic carbocycles. The Morgan fingerprint density at radius 2 is 1.68 bits per heavy atom. The van der Waals surface area contributed by atoms with Crippen LogP contribution in [0.1, 0.15) is 50.7 Å². The van der Waals surface area contributed by atoms with Crippen LogP contribution >= 0.6 is 0 Å². The number of hydrogen-bond donors (Lipinski definition) is 1. The van der Waals surface area contributed by atoms with Gasteiger partial charge in [-0.25, -0.2) is 0 Å². The van der Waals surface area contributed by atoms with Crippen LogP contribution in [0.5, 0.6) is 5.75 Å². The van der Waals surface area contributed by atoms with Crippen LogP contribution in [0.15, 0.2) is 12.1 Å². The van der Waals surface area contributed by atoms with Crippen LogP contribution in [0.25, 0.3) is 0 Å². The molecule has 25 heavy (non-hydrogen) atoms. The molecule has 1 aliphatic rings. The molecule has 5 heteroatoms. The largest absolute Gasteiger partial charge is 0.497 e. The molecule has 1 unspecified atom stereocenters. The van der Waals surface area contributed by atoms with Gasteiger partial charge in [0.25, 0.3) is 5.91 Å². The van der Waals surface area contributed by atoms with Crippen LogP contribution in [0.3, 0.4) is 0 Å². The molecule has 1 aromatic rings. The maximum Gasteiger partial charge on any atom is 0.282 e. The summed E-state index contributed by atoms with van der Waals surface area (Å²) in [6, 6.07) is 3.93. The van der Waals surface area contributed by atoms with Gasteiger partial charge in [-0.15, -0.1) is 0 Å². The van der Waals surface area contributed by atoms with Gasteiger partial charge in [0.2, 0.25) is 0 Å². The quantitative estimate of drug-likeness (QED) is 0.728. The number of anilines is 1. The summed E-state index contributed by atoms with van der Waals surface area (Å²) >= 11 is 0. The summed E-state index contributed by atoms with van der Waals surface area (Å²) in [5.74, 6) is 0.968. The van der Waals surface area contributed by atoms with E-state index in [9.17, 15) is 4.79 Å². The number of rotatable bonds is 5. The average molecular weight is 422 g/mol. The summed E-state index contributed by atoms with van der Waals surface area (Å²) in [6.45, 7) is 11.6. The first kappa shape index (κ1) is 22.6. The minimum atomic E-state index is -0.0194. The number of aryl methyl sites for hydroxylation is 2. The molecule has 1 fully saturated rings. The maximum absolute atomic E-state index is 13.0. The van der Waals surface area contributed by atoms with Crippen molar-refractivity contribution in [1.82, 2.24) is 0 Å². The number of nitrogens with one attached hydrogen (secondary N) is 1. The van der Waals surface area contributed by atoms with Gasteiger partial charge in [-0.1, -0.05) is 0 Å². The Morgan fingerprint density at radius 1 is 1.16 bits per heavy atom. The number of hydrogen-bond acceptors (Lipinski definition) is 2. The zero-order valence-electron chi connectivity index (χ0n) is 16.5. The van der Waals surface area contributed by atoms with E-state index in [0.717, 1.165) is 46.7 Å². The SMILES string of the molecule is CC[N+]1(C(C)C(=O)Nc2c(C)cc(OC)cc2C)CCCCCC1.[Y]. The predicted octanol–water partition coefficient (Wildman–Crippen LogP) is 4.05. The first-order valence-electron chi connectivity index (χ1n) is 9.25. The predicted molar refractivity (Wildman–Crippen MR) is 99.6 cm³/mol. The van der Waals surface area contributed by atoms with Gasteiger partial charge in [-0.3, -0.25) is 4.79 Å². The molecule has 0 spiro atoms. The molecule has 0 aromatic heterocycles. The minimum Gasteiger partial charge on any atom is -0.497 e. The summed E-state index contributed by atoms with van der Waals surface area (Å²) in [4.78, 5) is 13.0. The fraction of sp³-hybridized carbons (Fsp3) is 0.650. The van der Waals surface area contributed by atoms with E-state index in [1.54, 1.807) is 7.11 Å². The van der Waals surface area contributed by atoms with Gasteiger partial charge in [-0.05, 0) is 76.6 Å². The number of likely N-dealkylation sites (N-methyl/N-ethyl adjacent to an activating group) is 1. The van der Waals surface area contributed by atoms with Crippen molar-refractivity contribution in [3.05, 3.63) is 23.3 Å². The molecule has 0 saturated carbocycles. The first-order chi connectivity index (χ1) is 11.4. The van der Waals surface area contributed by atoms with Crippen molar-refractivity contribution in [3.63, 3.8) is 0 Å². The molecular weight excluding hydrogens is 389 g/mol. The minimum absolute atomic E-state index is 0. The normalized spacial score (nSPS) is 17.8. The molecule has 1 radical (unpaired) electrons. The maximum atomic E-state index is 13.0. The standard InChI is InChI=1S/C20H32N2O2.Y/c1-6-22(11-9-7-8-10-12-22)17(4)20(23)21-19-15(2)13-18(24-5)14-16(19)3;/h13-14,17H,6-12H2,1-5H3;/p+1. The Morgan fingerprint density at radius 3 is 2.12 bits per heavy atom. The first-order valence-corrected chi connectivity index (χ1v) is 9.25. The number of methoxy groups -OCH3 is 1. The molecule has 1 atom stereocenters. The van der Waals surface area contributed by atoms with Gasteiger partial charge in [0, 0.05) is 38.4 Å². The van der Waals surface area contributed by atoms with E-state index < -0.39 is 0 Å². The third-order valence-corrected chi connectivity index (χ3v) is 5.78. The molecule has 0 bridgehead atoms. The van der Waals surface area contributed by atoms with Crippen LogP contribution in [-0.2, 0) is 37.5 Å². The number of carbonyl (C=O) groups excluding carboxylic acids is 1. The Balaban J connectivity index is 0.00000312. The van der Waals surface area contributed by atoms with E-state index in [1.165, 1.54) is 25.7 Å². The topological polar surface area (TPSA) is 38.3 Å². The van der Waals surface area contributed by atoms with Gasteiger partial charge < -0.3 is 14.5 Å². The second-order valence-electron chi connectivity index (χ2n) is 7.20. The number of amides is 1. The fourth-order valence-electron chi connectivity index (χ4n) is 4.01. The molecule has 1 heterocycles. The molecule has 137 valence electrons. The molecule has 1 aliphatic heterocycles. The summed E-state index contributed by atoms with van der Waals surface area (Å²) in [5.41, 5.74) is 3.02. The number of carbonyl (C=O) groups is 1. The Labute approximate surface area is 178 Å². The summed E-state index contributed by atoms with van der Waals surface area (Å²) < 4.78 is 6.23. The van der Waals surface area contributed by atoms with Crippen molar-refractivity contribution in [2.75, 3.05) is 32.1 Å². The van der Waals surface area contributed by atoms with Gasteiger partial charge in [0.1, 0.15) is 5.75 Å². The molecule has 2 rings (SSSR count). The van der Waals surface area contributed by atoms with Crippen LogP contribution in [-0.4, -0.2) is 43.2 Å². The van der Waals surface area contributed by atoms with Crippen molar-refractivity contribution in [3.8, 4) is 5.75 Å². The van der Waals surface area contributed by atoms with Crippen LogP contribution < -0.4 is 10.1 Å². The molecule has 1 N–H and O–H groups in total. The van der Waals surface area contributed by atoms with Crippen LogP contribution in [0.2, 0.25) is 0 Å². The van der Waals surface area contributed by atoms with Crippen molar-refractivity contribution in [2.24, 2.45) is 0 Å². The van der Waals surface area contributed by atoms with E-state index >= 15 is 0 Å². The van der Waals surface area contributed by atoms with E-state index in [1.807, 2.05) is 26.0 Å². The number of likely N-dealkylation sites (tertiary alicyclic amines) is 1. The van der Waals surface area contributed by atoms with Gasteiger partial charge >= 0.3 is 0 Å². The summed E-state index contributed by atoms with van der Waals surface area (Å²) in [5, 5.41) is 3.20. The molecular formula is C20H33N2O2Y+. The molecule has 0 aliphatic carbocycles. The smallest absolute Gasteiger partial charge is 0.282 e. The van der Waals surface area contributed by atoms with E-state index in [4.69, 9.17) is 4.74 Å². The Bertz CT molecular complexity index is 558. The molecule has 1 saturated heterocycles. The van der Waals surface area contributed by atoms with Gasteiger partial charge in [0.05, 0.1) is 26.7 Å².